The third-order valence-corrected chi connectivity index (χ3v) is 5.84. The minimum Gasteiger partial charge on any atom is -0.368 e. The zero-order valence-corrected chi connectivity index (χ0v) is 17.5. The van der Waals surface area contributed by atoms with Gasteiger partial charge in [0, 0.05) is 37.7 Å². The highest BCUT2D eigenvalue weighted by atomic mass is 35.5. The average molecular weight is 413 g/mol. The molecule has 29 heavy (non-hydrogen) atoms. The first-order chi connectivity index (χ1) is 14.0. The fraction of sp³-hybridized carbons (Fsp3) is 0.364. The lowest BCUT2D eigenvalue weighted by molar-refractivity contribution is 0.313. The van der Waals surface area contributed by atoms with Crippen LogP contribution in [0.4, 0.5) is 5.69 Å². The molecular formula is C22H25ClN4O2. The lowest BCUT2D eigenvalue weighted by atomic mass is 10.1. The largest absolute Gasteiger partial charge is 0.368 e. The van der Waals surface area contributed by atoms with Crippen LogP contribution < -0.4 is 16.1 Å². The highest BCUT2D eigenvalue weighted by molar-refractivity contribution is 6.31. The standard InChI is InChI=1S/C22H25ClN4O2/c1-3-26-21(28)20-18(25-11-9-24(2)10-12-25)13-17(23)14-19(20)27(22(26)29)15-16-7-5-4-6-8-16/h4-8,13-14H,3,9-12,15H2,1-2H3. The average Bonchev–Trinajstić information content (AvgIpc) is 2.72. The minimum absolute atomic E-state index is 0.248. The molecule has 2 heterocycles. The second-order valence-corrected chi connectivity index (χ2v) is 7.95. The Hall–Kier alpha value is -2.57. The Bertz CT molecular complexity index is 1150. The van der Waals surface area contributed by atoms with E-state index < -0.39 is 0 Å². The molecule has 0 spiro atoms. The van der Waals surface area contributed by atoms with Crippen LogP contribution in [0.15, 0.2) is 52.1 Å². The summed E-state index contributed by atoms with van der Waals surface area (Å²) in [5.74, 6) is 0. The summed E-state index contributed by atoms with van der Waals surface area (Å²) < 4.78 is 2.99. The van der Waals surface area contributed by atoms with Gasteiger partial charge in [0.15, 0.2) is 0 Å². The number of hydrogen-bond acceptors (Lipinski definition) is 4. The van der Waals surface area contributed by atoms with E-state index in [4.69, 9.17) is 11.6 Å². The maximum Gasteiger partial charge on any atom is 0.331 e. The van der Waals surface area contributed by atoms with Gasteiger partial charge in [0.05, 0.1) is 23.1 Å². The molecule has 4 rings (SSSR count). The minimum atomic E-state index is -0.305. The van der Waals surface area contributed by atoms with Crippen LogP contribution in [-0.2, 0) is 13.1 Å². The summed E-state index contributed by atoms with van der Waals surface area (Å²) in [6.07, 6.45) is 0. The van der Waals surface area contributed by atoms with E-state index in [1.807, 2.05) is 43.3 Å². The first-order valence-corrected chi connectivity index (χ1v) is 10.3. The first kappa shape index (κ1) is 19.7. The summed E-state index contributed by atoms with van der Waals surface area (Å²) in [6, 6.07) is 13.4. The molecule has 0 N–H and O–H groups in total. The zero-order valence-electron chi connectivity index (χ0n) is 16.8. The molecule has 7 heteroatoms. The van der Waals surface area contributed by atoms with E-state index in [2.05, 4.69) is 16.8 Å². The third-order valence-electron chi connectivity index (χ3n) is 5.62. The second-order valence-electron chi connectivity index (χ2n) is 7.51. The van der Waals surface area contributed by atoms with Gasteiger partial charge in [0.25, 0.3) is 5.56 Å². The molecule has 0 aliphatic carbocycles. The molecular weight excluding hydrogens is 388 g/mol. The Morgan fingerprint density at radius 1 is 0.966 bits per heavy atom. The molecule has 0 atom stereocenters. The van der Waals surface area contributed by atoms with Gasteiger partial charge in [-0.15, -0.1) is 0 Å². The van der Waals surface area contributed by atoms with Crippen LogP contribution in [0, 0.1) is 0 Å². The number of nitrogens with zero attached hydrogens (tertiary/aromatic N) is 4. The topological polar surface area (TPSA) is 50.5 Å². The number of fused-ring (bicyclic) bond motifs is 1. The van der Waals surface area contributed by atoms with Crippen molar-refractivity contribution >= 4 is 28.2 Å². The van der Waals surface area contributed by atoms with E-state index in [0.29, 0.717) is 29.0 Å². The van der Waals surface area contributed by atoms with Gasteiger partial charge in [0.2, 0.25) is 0 Å². The maximum atomic E-state index is 13.3. The Morgan fingerprint density at radius 3 is 2.31 bits per heavy atom. The van der Waals surface area contributed by atoms with Gasteiger partial charge in [-0.25, -0.2) is 4.79 Å². The zero-order chi connectivity index (χ0) is 20.5. The van der Waals surface area contributed by atoms with Gasteiger partial charge < -0.3 is 9.80 Å². The molecule has 0 unspecified atom stereocenters. The molecule has 0 amide bonds. The van der Waals surface area contributed by atoms with Crippen LogP contribution in [0.5, 0.6) is 0 Å². The predicted octanol–water partition coefficient (Wildman–Crippen LogP) is 2.64. The van der Waals surface area contributed by atoms with Gasteiger partial charge in [-0.3, -0.25) is 13.9 Å². The lowest BCUT2D eigenvalue weighted by Crippen LogP contribution is -2.45. The number of benzene rings is 2. The molecule has 0 saturated carbocycles. The molecule has 1 fully saturated rings. The number of rotatable bonds is 4. The quantitative estimate of drug-likeness (QED) is 0.661. The molecule has 6 nitrogen and oxygen atoms in total. The molecule has 152 valence electrons. The van der Waals surface area contributed by atoms with Crippen LogP contribution in [0.3, 0.4) is 0 Å². The Morgan fingerprint density at radius 2 is 1.66 bits per heavy atom. The molecule has 1 aromatic heterocycles. The van der Waals surface area contributed by atoms with Gasteiger partial charge in [0.1, 0.15) is 0 Å². The predicted molar refractivity (Wildman–Crippen MR) is 118 cm³/mol. The van der Waals surface area contributed by atoms with Crippen molar-refractivity contribution in [1.29, 1.82) is 0 Å². The van der Waals surface area contributed by atoms with Gasteiger partial charge in [-0.05, 0) is 31.7 Å². The SMILES string of the molecule is CCn1c(=O)c2c(N3CCN(C)CC3)cc(Cl)cc2n(Cc2ccccc2)c1=O. The van der Waals surface area contributed by atoms with Crippen molar-refractivity contribution in [3.05, 3.63) is 73.9 Å². The fourth-order valence-corrected chi connectivity index (χ4v) is 4.18. The number of halogens is 1. The van der Waals surface area contributed by atoms with Crippen LogP contribution in [-0.4, -0.2) is 47.3 Å². The first-order valence-electron chi connectivity index (χ1n) is 9.94. The monoisotopic (exact) mass is 412 g/mol. The molecule has 3 aromatic rings. The normalized spacial score (nSPS) is 15.2. The molecule has 0 bridgehead atoms. The maximum absolute atomic E-state index is 13.3. The van der Waals surface area contributed by atoms with Crippen molar-refractivity contribution < 1.29 is 0 Å². The summed E-state index contributed by atoms with van der Waals surface area (Å²) in [5.41, 5.74) is 1.85. The lowest BCUT2D eigenvalue weighted by Gasteiger charge is -2.34. The van der Waals surface area contributed by atoms with Crippen molar-refractivity contribution in [2.45, 2.75) is 20.0 Å². The van der Waals surface area contributed by atoms with E-state index in [1.165, 1.54) is 4.57 Å². The summed E-state index contributed by atoms with van der Waals surface area (Å²) in [4.78, 5) is 30.9. The van der Waals surface area contributed by atoms with Crippen LogP contribution >= 0.6 is 11.6 Å². The Labute approximate surface area is 174 Å². The number of hydrogen-bond donors (Lipinski definition) is 0. The molecule has 1 saturated heterocycles. The van der Waals surface area contributed by atoms with Crippen LogP contribution in [0.2, 0.25) is 5.02 Å². The second kappa shape index (κ2) is 8.05. The fourth-order valence-electron chi connectivity index (χ4n) is 3.98. The number of likely N-dealkylation sites (N-methyl/N-ethyl adjacent to an activating group) is 1. The van der Waals surface area contributed by atoms with Gasteiger partial charge >= 0.3 is 5.69 Å². The van der Waals surface area contributed by atoms with Crippen molar-refractivity contribution in [2.24, 2.45) is 0 Å². The van der Waals surface area contributed by atoms with Gasteiger partial charge in [-0.2, -0.15) is 0 Å². The van der Waals surface area contributed by atoms with E-state index in [0.717, 1.165) is 37.4 Å². The summed E-state index contributed by atoms with van der Waals surface area (Å²) in [7, 11) is 2.09. The van der Waals surface area contributed by atoms with E-state index in [9.17, 15) is 9.59 Å². The molecule has 1 aliphatic heterocycles. The smallest absolute Gasteiger partial charge is 0.331 e. The number of piperazine rings is 1. The Balaban J connectivity index is 1.98. The number of anilines is 1. The molecule has 1 aliphatic rings. The highest BCUT2D eigenvalue weighted by Crippen LogP contribution is 2.29. The molecule has 0 radical (unpaired) electrons. The third kappa shape index (κ3) is 3.70. The van der Waals surface area contributed by atoms with E-state index in [-0.39, 0.29) is 11.2 Å². The number of aromatic nitrogens is 2. The van der Waals surface area contributed by atoms with Gasteiger partial charge in [-0.1, -0.05) is 41.9 Å². The molecule has 2 aromatic carbocycles. The Kier molecular flexibility index (Phi) is 5.48. The van der Waals surface area contributed by atoms with Crippen molar-refractivity contribution in [3.8, 4) is 0 Å². The van der Waals surface area contributed by atoms with Crippen LogP contribution in [0.1, 0.15) is 12.5 Å². The van der Waals surface area contributed by atoms with E-state index >= 15 is 0 Å². The van der Waals surface area contributed by atoms with Crippen molar-refractivity contribution in [2.75, 3.05) is 38.1 Å². The van der Waals surface area contributed by atoms with Crippen molar-refractivity contribution in [3.63, 3.8) is 0 Å². The highest BCUT2D eigenvalue weighted by Gasteiger charge is 2.22. The summed E-state index contributed by atoms with van der Waals surface area (Å²) in [6.45, 7) is 6.00. The van der Waals surface area contributed by atoms with Crippen LogP contribution in [0.25, 0.3) is 10.9 Å². The summed E-state index contributed by atoms with van der Waals surface area (Å²) in [5, 5.41) is 1.10. The summed E-state index contributed by atoms with van der Waals surface area (Å²) >= 11 is 6.46. The van der Waals surface area contributed by atoms with Crippen molar-refractivity contribution in [1.82, 2.24) is 14.0 Å². The van der Waals surface area contributed by atoms with E-state index in [1.54, 1.807) is 10.6 Å².